The molecule has 1 aliphatic heterocycles. The molecule has 0 bridgehead atoms. The van der Waals surface area contributed by atoms with E-state index in [1.807, 2.05) is 0 Å². The van der Waals surface area contributed by atoms with Gasteiger partial charge in [-0.2, -0.15) is 10.1 Å². The number of nitrogens with zero attached hydrogens (tertiary/aromatic N) is 4. The molecule has 2 aromatic carbocycles. The lowest BCUT2D eigenvalue weighted by molar-refractivity contribution is 0.367. The van der Waals surface area contributed by atoms with Crippen molar-refractivity contribution >= 4 is 10.9 Å². The molecular formula is C22H17F2N7O. The Morgan fingerprint density at radius 3 is 2.62 bits per heavy atom. The number of H-pyrrole nitrogens is 2. The van der Waals surface area contributed by atoms with Gasteiger partial charge in [0.25, 0.3) is 0 Å². The molecule has 4 heterocycles. The second-order valence-electron chi connectivity index (χ2n) is 7.79. The number of benzene rings is 2. The van der Waals surface area contributed by atoms with Crippen LogP contribution in [-0.2, 0) is 6.42 Å². The summed E-state index contributed by atoms with van der Waals surface area (Å²) < 4.78 is 32.3. The first-order valence-corrected chi connectivity index (χ1v) is 10.1. The standard InChI is InChI=1S/C22H17F2N7O/c1-10-25-22(31-32-10)19-18-15(14-7-6-13(24)8-16(14)26-18)9-17(27-19)21-28-20(29-30-21)11-2-4-12(23)5-3-11/h2-8,17,19,26-27H,9H2,1H3,(H,28,29,30)/t17-,19-/m1/s1. The van der Waals surface area contributed by atoms with Gasteiger partial charge in [0.05, 0.1) is 6.04 Å². The summed E-state index contributed by atoms with van der Waals surface area (Å²) in [7, 11) is 0. The maximum absolute atomic E-state index is 13.8. The molecule has 3 N–H and O–H groups in total. The van der Waals surface area contributed by atoms with Gasteiger partial charge in [-0.25, -0.2) is 13.8 Å². The van der Waals surface area contributed by atoms with Crippen LogP contribution in [0.4, 0.5) is 8.78 Å². The number of aromatic nitrogens is 6. The number of hydrogen-bond acceptors (Lipinski definition) is 6. The van der Waals surface area contributed by atoms with E-state index in [1.165, 1.54) is 24.3 Å². The van der Waals surface area contributed by atoms with Crippen LogP contribution in [0.2, 0.25) is 0 Å². The van der Waals surface area contributed by atoms with Gasteiger partial charge in [0.2, 0.25) is 5.89 Å². The molecule has 0 aliphatic carbocycles. The molecule has 6 rings (SSSR count). The van der Waals surface area contributed by atoms with Crippen LogP contribution in [0, 0.1) is 18.6 Å². The number of aryl methyl sites for hydroxylation is 1. The Kier molecular flexibility index (Phi) is 4.15. The van der Waals surface area contributed by atoms with Crippen molar-refractivity contribution < 1.29 is 13.3 Å². The summed E-state index contributed by atoms with van der Waals surface area (Å²) in [5, 5.41) is 15.8. The monoisotopic (exact) mass is 433 g/mol. The van der Waals surface area contributed by atoms with Gasteiger partial charge in [-0.15, -0.1) is 0 Å². The van der Waals surface area contributed by atoms with E-state index in [2.05, 4.69) is 35.6 Å². The van der Waals surface area contributed by atoms with E-state index < -0.39 is 6.04 Å². The maximum Gasteiger partial charge on any atom is 0.223 e. The lowest BCUT2D eigenvalue weighted by Gasteiger charge is -2.28. The number of halogens is 2. The molecule has 0 saturated carbocycles. The number of rotatable bonds is 3. The van der Waals surface area contributed by atoms with E-state index in [4.69, 9.17) is 4.52 Å². The van der Waals surface area contributed by atoms with E-state index in [0.29, 0.717) is 40.9 Å². The van der Waals surface area contributed by atoms with E-state index in [1.54, 1.807) is 25.1 Å². The minimum absolute atomic E-state index is 0.239. The van der Waals surface area contributed by atoms with Crippen LogP contribution >= 0.6 is 0 Å². The predicted octanol–water partition coefficient (Wildman–Crippen LogP) is 3.90. The molecule has 3 aromatic heterocycles. The SMILES string of the molecule is Cc1nc([C@@H]2N[C@@H](c3nc(-c4ccc(F)cc4)n[nH]3)Cc3c2[nH]c2cc(F)ccc32)no1. The van der Waals surface area contributed by atoms with Crippen molar-refractivity contribution in [3.8, 4) is 11.4 Å². The van der Waals surface area contributed by atoms with Gasteiger partial charge in [0.1, 0.15) is 23.5 Å². The molecule has 0 saturated heterocycles. The Morgan fingerprint density at radius 2 is 1.84 bits per heavy atom. The fourth-order valence-corrected chi connectivity index (χ4v) is 4.23. The quantitative estimate of drug-likeness (QED) is 0.398. The van der Waals surface area contributed by atoms with Crippen molar-refractivity contribution in [2.75, 3.05) is 0 Å². The molecule has 1 aliphatic rings. The molecule has 0 radical (unpaired) electrons. The van der Waals surface area contributed by atoms with Crippen LogP contribution in [0.3, 0.4) is 0 Å². The van der Waals surface area contributed by atoms with E-state index in [9.17, 15) is 8.78 Å². The Morgan fingerprint density at radius 1 is 1.03 bits per heavy atom. The fraction of sp³-hybridized carbons (Fsp3) is 0.182. The van der Waals surface area contributed by atoms with Crippen LogP contribution in [-0.4, -0.2) is 30.3 Å². The first-order chi connectivity index (χ1) is 15.5. The van der Waals surface area contributed by atoms with Gasteiger partial charge in [-0.3, -0.25) is 10.4 Å². The average molecular weight is 433 g/mol. The van der Waals surface area contributed by atoms with Gasteiger partial charge < -0.3 is 9.51 Å². The zero-order valence-corrected chi connectivity index (χ0v) is 16.9. The molecule has 2 atom stereocenters. The van der Waals surface area contributed by atoms with Crippen molar-refractivity contribution in [3.05, 3.63) is 82.9 Å². The molecule has 160 valence electrons. The first kappa shape index (κ1) is 18.8. The third kappa shape index (κ3) is 3.07. The van der Waals surface area contributed by atoms with E-state index in [-0.39, 0.29) is 17.7 Å². The fourth-order valence-electron chi connectivity index (χ4n) is 4.23. The Bertz CT molecular complexity index is 1440. The normalized spacial score (nSPS) is 18.2. The Labute approximate surface area is 180 Å². The molecule has 0 fully saturated rings. The van der Waals surface area contributed by atoms with Crippen molar-refractivity contribution in [1.82, 2.24) is 35.6 Å². The highest BCUT2D eigenvalue weighted by Crippen LogP contribution is 2.38. The van der Waals surface area contributed by atoms with Crippen LogP contribution in [0.15, 0.2) is 47.0 Å². The van der Waals surface area contributed by atoms with E-state index >= 15 is 0 Å². The van der Waals surface area contributed by atoms with Gasteiger partial charge in [-0.1, -0.05) is 5.16 Å². The van der Waals surface area contributed by atoms with Gasteiger partial charge in [0, 0.05) is 29.1 Å². The summed E-state index contributed by atoms with van der Waals surface area (Å²) in [6.07, 6.45) is 0.590. The summed E-state index contributed by atoms with van der Waals surface area (Å²) in [4.78, 5) is 12.3. The Balaban J connectivity index is 1.43. The molecule has 0 unspecified atom stereocenters. The second kappa shape index (κ2) is 7.06. The summed E-state index contributed by atoms with van der Waals surface area (Å²) in [6, 6.07) is 10.1. The zero-order chi connectivity index (χ0) is 21.8. The number of aromatic amines is 2. The molecule has 0 amide bonds. The topological polar surface area (TPSA) is 108 Å². The van der Waals surface area contributed by atoms with E-state index in [0.717, 1.165) is 16.6 Å². The second-order valence-corrected chi connectivity index (χ2v) is 7.79. The third-order valence-corrected chi connectivity index (χ3v) is 5.70. The molecule has 0 spiro atoms. The maximum atomic E-state index is 13.8. The third-order valence-electron chi connectivity index (χ3n) is 5.70. The average Bonchev–Trinajstić information content (AvgIpc) is 3.51. The molecule has 5 aromatic rings. The van der Waals surface area contributed by atoms with Crippen LogP contribution in [0.25, 0.3) is 22.3 Å². The van der Waals surface area contributed by atoms with Crippen LogP contribution in [0.1, 0.15) is 40.9 Å². The van der Waals surface area contributed by atoms with Crippen molar-refractivity contribution in [1.29, 1.82) is 0 Å². The largest absolute Gasteiger partial charge is 0.356 e. The highest BCUT2D eigenvalue weighted by molar-refractivity contribution is 5.85. The highest BCUT2D eigenvalue weighted by atomic mass is 19.1. The van der Waals surface area contributed by atoms with Gasteiger partial charge in [0.15, 0.2) is 11.6 Å². The van der Waals surface area contributed by atoms with Crippen LogP contribution in [0.5, 0.6) is 0 Å². The lowest BCUT2D eigenvalue weighted by atomic mass is 9.93. The predicted molar refractivity (Wildman–Crippen MR) is 110 cm³/mol. The molecule has 32 heavy (non-hydrogen) atoms. The molecule has 10 heteroatoms. The smallest absolute Gasteiger partial charge is 0.223 e. The minimum Gasteiger partial charge on any atom is -0.356 e. The minimum atomic E-state index is -0.406. The number of nitrogens with one attached hydrogen (secondary N) is 3. The van der Waals surface area contributed by atoms with Crippen molar-refractivity contribution in [2.24, 2.45) is 0 Å². The summed E-state index contributed by atoms with van der Waals surface area (Å²) >= 11 is 0. The summed E-state index contributed by atoms with van der Waals surface area (Å²) in [5.74, 6) is 1.38. The summed E-state index contributed by atoms with van der Waals surface area (Å²) in [5.41, 5.74) is 3.29. The van der Waals surface area contributed by atoms with Gasteiger partial charge in [-0.05, 0) is 54.4 Å². The zero-order valence-electron chi connectivity index (χ0n) is 16.9. The van der Waals surface area contributed by atoms with Crippen molar-refractivity contribution in [3.63, 3.8) is 0 Å². The molecule has 8 nitrogen and oxygen atoms in total. The first-order valence-electron chi connectivity index (χ1n) is 10.1. The number of hydrogen-bond donors (Lipinski definition) is 3. The van der Waals surface area contributed by atoms with Crippen molar-refractivity contribution in [2.45, 2.75) is 25.4 Å². The number of fused-ring (bicyclic) bond motifs is 3. The molecular weight excluding hydrogens is 416 g/mol. The Hall–Kier alpha value is -3.92. The highest BCUT2D eigenvalue weighted by Gasteiger charge is 2.35. The lowest BCUT2D eigenvalue weighted by Crippen LogP contribution is -2.35. The van der Waals surface area contributed by atoms with Gasteiger partial charge >= 0.3 is 0 Å². The van der Waals surface area contributed by atoms with Crippen LogP contribution < -0.4 is 5.32 Å². The summed E-state index contributed by atoms with van der Waals surface area (Å²) in [6.45, 7) is 1.73.